The minimum absolute atomic E-state index is 0.183. The highest BCUT2D eigenvalue weighted by molar-refractivity contribution is 5.87. The molecule has 128 valence electrons. The molecule has 0 aliphatic rings. The summed E-state index contributed by atoms with van der Waals surface area (Å²) in [5.74, 6) is 1.16. The summed E-state index contributed by atoms with van der Waals surface area (Å²) in [6.07, 6.45) is 2.98. The first kappa shape index (κ1) is 16.6. The van der Waals surface area contributed by atoms with Crippen LogP contribution in [0.2, 0.25) is 0 Å². The highest BCUT2D eigenvalue weighted by Gasteiger charge is 2.09. The molecule has 2 aromatic carbocycles. The molecule has 0 spiro atoms. The number of hydrogen-bond acceptors (Lipinski definition) is 6. The summed E-state index contributed by atoms with van der Waals surface area (Å²) < 4.78 is 21.3. The third-order valence-corrected chi connectivity index (χ3v) is 3.49. The van der Waals surface area contributed by atoms with Gasteiger partial charge >= 0.3 is 5.97 Å². The Morgan fingerprint density at radius 1 is 1.16 bits per heavy atom. The molecule has 0 atom stereocenters. The molecule has 6 nitrogen and oxygen atoms in total. The molecule has 0 radical (unpaired) electrons. The first-order valence-corrected chi connectivity index (χ1v) is 7.61. The van der Waals surface area contributed by atoms with E-state index in [2.05, 4.69) is 9.72 Å². The second-order valence-electron chi connectivity index (χ2n) is 5.13. The van der Waals surface area contributed by atoms with Gasteiger partial charge in [0, 0.05) is 6.08 Å². The third-order valence-electron chi connectivity index (χ3n) is 3.49. The number of rotatable bonds is 6. The lowest BCUT2D eigenvalue weighted by atomic mass is 10.2. The highest BCUT2D eigenvalue weighted by Crippen LogP contribution is 2.29. The highest BCUT2D eigenvalue weighted by atomic mass is 16.5. The zero-order chi connectivity index (χ0) is 17.6. The quantitative estimate of drug-likeness (QED) is 0.505. The number of aromatic nitrogens is 1. The fourth-order valence-electron chi connectivity index (χ4n) is 2.26. The summed E-state index contributed by atoms with van der Waals surface area (Å²) in [4.78, 5) is 15.5. The number of methoxy groups -OCH3 is 2. The zero-order valence-electron chi connectivity index (χ0n) is 13.9. The van der Waals surface area contributed by atoms with Crippen LogP contribution < -0.4 is 9.47 Å². The van der Waals surface area contributed by atoms with E-state index < -0.39 is 5.97 Å². The maximum atomic E-state index is 11.2. The molecule has 0 fully saturated rings. The summed E-state index contributed by atoms with van der Waals surface area (Å²) in [5.41, 5.74) is 2.30. The van der Waals surface area contributed by atoms with Crippen molar-refractivity contribution < 1.29 is 23.4 Å². The van der Waals surface area contributed by atoms with E-state index in [1.54, 1.807) is 25.3 Å². The Morgan fingerprint density at radius 2 is 2.00 bits per heavy atom. The van der Waals surface area contributed by atoms with Gasteiger partial charge in [0.05, 0.1) is 14.2 Å². The van der Waals surface area contributed by atoms with Gasteiger partial charge in [-0.25, -0.2) is 9.78 Å². The Bertz CT molecular complexity index is 880. The number of esters is 1. The number of carbonyl (C=O) groups is 1. The van der Waals surface area contributed by atoms with Gasteiger partial charge in [-0.2, -0.15) is 0 Å². The van der Waals surface area contributed by atoms with Crippen molar-refractivity contribution in [3.8, 4) is 11.5 Å². The molecule has 25 heavy (non-hydrogen) atoms. The van der Waals surface area contributed by atoms with Crippen molar-refractivity contribution in [3.63, 3.8) is 0 Å². The van der Waals surface area contributed by atoms with Crippen molar-refractivity contribution in [2.75, 3.05) is 14.2 Å². The fraction of sp³-hybridized carbons (Fsp3) is 0.158. The molecule has 0 bridgehead atoms. The van der Waals surface area contributed by atoms with E-state index in [-0.39, 0.29) is 6.61 Å². The van der Waals surface area contributed by atoms with Crippen LogP contribution in [-0.2, 0) is 16.1 Å². The van der Waals surface area contributed by atoms with Crippen molar-refractivity contribution in [2.45, 2.75) is 6.61 Å². The van der Waals surface area contributed by atoms with Gasteiger partial charge in [0.25, 0.3) is 0 Å². The van der Waals surface area contributed by atoms with E-state index in [1.165, 1.54) is 13.2 Å². The first-order valence-electron chi connectivity index (χ1n) is 7.61. The van der Waals surface area contributed by atoms with Crippen LogP contribution in [0.3, 0.4) is 0 Å². The van der Waals surface area contributed by atoms with Crippen molar-refractivity contribution in [1.29, 1.82) is 0 Å². The average Bonchev–Trinajstić information content (AvgIpc) is 3.07. The van der Waals surface area contributed by atoms with Crippen molar-refractivity contribution in [2.24, 2.45) is 0 Å². The smallest absolute Gasteiger partial charge is 0.330 e. The topological polar surface area (TPSA) is 70.8 Å². The molecule has 0 aliphatic heterocycles. The summed E-state index contributed by atoms with van der Waals surface area (Å²) in [7, 11) is 2.88. The standard InChI is InChI=1S/C19H17NO5/c1-22-17-11-13(8-10-19(21)23-2)7-9-16(17)24-12-18-20-14-5-3-4-6-15(14)25-18/h3-11H,12H2,1-2H3/b10-8+. The molecule has 3 rings (SSSR count). The van der Waals surface area contributed by atoms with Gasteiger partial charge in [-0.15, -0.1) is 0 Å². The first-order chi connectivity index (χ1) is 12.2. The zero-order valence-corrected chi connectivity index (χ0v) is 13.9. The molecule has 0 saturated carbocycles. The predicted molar refractivity (Wildman–Crippen MR) is 92.4 cm³/mol. The van der Waals surface area contributed by atoms with E-state index in [0.717, 1.165) is 16.7 Å². The molecule has 1 heterocycles. The number of nitrogens with zero attached hydrogens (tertiary/aromatic N) is 1. The maximum Gasteiger partial charge on any atom is 0.330 e. The summed E-state index contributed by atoms with van der Waals surface area (Å²) in [6, 6.07) is 12.9. The van der Waals surface area contributed by atoms with Crippen LogP contribution >= 0.6 is 0 Å². The Balaban J connectivity index is 1.73. The Kier molecular flexibility index (Phi) is 4.99. The van der Waals surface area contributed by atoms with Crippen molar-refractivity contribution >= 4 is 23.1 Å². The largest absolute Gasteiger partial charge is 0.493 e. The normalized spacial score (nSPS) is 11.0. The number of hydrogen-bond donors (Lipinski definition) is 0. The number of carbonyl (C=O) groups excluding carboxylic acids is 1. The number of ether oxygens (including phenoxy) is 3. The van der Waals surface area contributed by atoms with Gasteiger partial charge in [0.1, 0.15) is 5.52 Å². The van der Waals surface area contributed by atoms with Gasteiger partial charge < -0.3 is 18.6 Å². The van der Waals surface area contributed by atoms with E-state index in [1.807, 2.05) is 30.3 Å². The number of para-hydroxylation sites is 2. The van der Waals surface area contributed by atoms with E-state index in [4.69, 9.17) is 13.9 Å². The van der Waals surface area contributed by atoms with Gasteiger partial charge in [0.15, 0.2) is 23.7 Å². The molecule has 1 aromatic heterocycles. The second kappa shape index (κ2) is 7.53. The molecule has 0 N–H and O–H groups in total. The molecule has 3 aromatic rings. The van der Waals surface area contributed by atoms with Gasteiger partial charge in [-0.1, -0.05) is 18.2 Å². The minimum atomic E-state index is -0.421. The monoisotopic (exact) mass is 339 g/mol. The SMILES string of the molecule is COC(=O)/C=C/c1ccc(OCc2nc3ccccc3o2)c(OC)c1. The summed E-state index contributed by atoms with van der Waals surface area (Å²) in [5, 5.41) is 0. The Hall–Kier alpha value is -3.28. The lowest BCUT2D eigenvalue weighted by Crippen LogP contribution is -1.98. The fourth-order valence-corrected chi connectivity index (χ4v) is 2.26. The summed E-state index contributed by atoms with van der Waals surface area (Å²) >= 11 is 0. The maximum absolute atomic E-state index is 11.2. The number of fused-ring (bicyclic) bond motifs is 1. The molecule has 0 unspecified atom stereocenters. The van der Waals surface area contributed by atoms with Gasteiger partial charge in [-0.05, 0) is 35.9 Å². The lowest BCUT2D eigenvalue weighted by molar-refractivity contribution is -0.134. The van der Waals surface area contributed by atoms with Crippen LogP contribution in [0.4, 0.5) is 0 Å². The molecule has 6 heteroatoms. The Morgan fingerprint density at radius 3 is 2.76 bits per heavy atom. The van der Waals surface area contributed by atoms with Crippen LogP contribution in [-0.4, -0.2) is 25.2 Å². The van der Waals surface area contributed by atoms with Crippen LogP contribution in [0.15, 0.2) is 53.0 Å². The van der Waals surface area contributed by atoms with Crippen molar-refractivity contribution in [1.82, 2.24) is 4.98 Å². The van der Waals surface area contributed by atoms with Crippen LogP contribution in [0.1, 0.15) is 11.5 Å². The second-order valence-corrected chi connectivity index (χ2v) is 5.13. The van der Waals surface area contributed by atoms with E-state index >= 15 is 0 Å². The molecular weight excluding hydrogens is 322 g/mol. The van der Waals surface area contributed by atoms with Gasteiger partial charge in [0.2, 0.25) is 5.89 Å². The molecule has 0 saturated heterocycles. The van der Waals surface area contributed by atoms with E-state index in [9.17, 15) is 4.79 Å². The van der Waals surface area contributed by atoms with E-state index in [0.29, 0.717) is 17.4 Å². The predicted octanol–water partition coefficient (Wildman–Crippen LogP) is 3.60. The average molecular weight is 339 g/mol. The van der Waals surface area contributed by atoms with Gasteiger partial charge in [-0.3, -0.25) is 0 Å². The molecular formula is C19H17NO5. The summed E-state index contributed by atoms with van der Waals surface area (Å²) in [6.45, 7) is 0.183. The van der Waals surface area contributed by atoms with Crippen LogP contribution in [0, 0.1) is 0 Å². The third kappa shape index (κ3) is 3.98. The van der Waals surface area contributed by atoms with Crippen LogP contribution in [0.25, 0.3) is 17.2 Å². The number of benzene rings is 2. The number of oxazole rings is 1. The van der Waals surface area contributed by atoms with Crippen molar-refractivity contribution in [3.05, 3.63) is 60.0 Å². The Labute approximate surface area is 144 Å². The molecule has 0 amide bonds. The minimum Gasteiger partial charge on any atom is -0.493 e. The molecule has 0 aliphatic carbocycles. The lowest BCUT2D eigenvalue weighted by Gasteiger charge is -2.10. The van der Waals surface area contributed by atoms with Crippen LogP contribution in [0.5, 0.6) is 11.5 Å².